The van der Waals surface area contributed by atoms with E-state index in [2.05, 4.69) is 20.5 Å². The zero-order valence-corrected chi connectivity index (χ0v) is 15.4. The number of nitrogens with one attached hydrogen (secondary N) is 1. The molecule has 1 N–H and O–H groups in total. The van der Waals surface area contributed by atoms with E-state index in [1.165, 1.54) is 0 Å². The second-order valence-corrected chi connectivity index (χ2v) is 8.60. The van der Waals surface area contributed by atoms with Gasteiger partial charge in [0.25, 0.3) is 0 Å². The smallest absolute Gasteiger partial charge is 0.249 e. The standard InChI is InChI=1S/C16H22N6O2S/c1-21(2)13-6-4-12(5-7-13)18-16-19-15(10-17-20-16)22(3)14-8-9-25(23,24)11-14/h4-7,10,14H,8-9,11H2,1-3H3,(H,18,19,20). The molecule has 8 nitrogen and oxygen atoms in total. The van der Waals surface area contributed by atoms with Crippen LogP contribution in [-0.2, 0) is 9.84 Å². The van der Waals surface area contributed by atoms with E-state index in [0.717, 1.165) is 11.4 Å². The van der Waals surface area contributed by atoms with E-state index in [1.54, 1.807) is 6.20 Å². The highest BCUT2D eigenvalue weighted by atomic mass is 32.2. The minimum Gasteiger partial charge on any atom is -0.378 e. The summed E-state index contributed by atoms with van der Waals surface area (Å²) < 4.78 is 23.3. The molecule has 1 aromatic carbocycles. The minimum atomic E-state index is -2.94. The van der Waals surface area contributed by atoms with E-state index in [1.807, 2.05) is 55.2 Å². The largest absolute Gasteiger partial charge is 0.378 e. The van der Waals surface area contributed by atoms with E-state index >= 15 is 0 Å². The predicted octanol–water partition coefficient (Wildman–Crippen LogP) is 1.30. The quantitative estimate of drug-likeness (QED) is 0.851. The molecule has 134 valence electrons. The van der Waals surface area contributed by atoms with Gasteiger partial charge in [0, 0.05) is 38.6 Å². The molecule has 2 aromatic rings. The van der Waals surface area contributed by atoms with E-state index in [-0.39, 0.29) is 17.5 Å². The van der Waals surface area contributed by atoms with Crippen molar-refractivity contribution < 1.29 is 8.42 Å². The first-order chi connectivity index (χ1) is 11.8. The molecule has 0 bridgehead atoms. The Labute approximate surface area is 147 Å². The fraction of sp³-hybridized carbons (Fsp3) is 0.438. The molecule has 3 rings (SSSR count). The molecule has 1 saturated heterocycles. The number of nitrogens with zero attached hydrogens (tertiary/aromatic N) is 5. The summed E-state index contributed by atoms with van der Waals surface area (Å²) >= 11 is 0. The maximum Gasteiger partial charge on any atom is 0.249 e. The lowest BCUT2D eigenvalue weighted by atomic mass is 10.2. The molecule has 25 heavy (non-hydrogen) atoms. The summed E-state index contributed by atoms with van der Waals surface area (Å²) in [5.41, 5.74) is 1.95. The molecule has 0 saturated carbocycles. The third-order valence-corrected chi connectivity index (χ3v) is 6.05. The minimum absolute atomic E-state index is 0.0751. The van der Waals surface area contributed by atoms with Gasteiger partial charge in [-0.15, -0.1) is 5.10 Å². The van der Waals surface area contributed by atoms with Crippen molar-refractivity contribution in [1.29, 1.82) is 0 Å². The van der Waals surface area contributed by atoms with Crippen LogP contribution < -0.4 is 15.1 Å². The van der Waals surface area contributed by atoms with Gasteiger partial charge >= 0.3 is 0 Å². The van der Waals surface area contributed by atoms with Gasteiger partial charge in [-0.05, 0) is 30.7 Å². The molecule has 1 unspecified atom stereocenters. The van der Waals surface area contributed by atoms with Crippen LogP contribution in [0.5, 0.6) is 0 Å². The molecular formula is C16H22N6O2S. The summed E-state index contributed by atoms with van der Waals surface area (Å²) in [6.07, 6.45) is 2.16. The van der Waals surface area contributed by atoms with E-state index in [4.69, 9.17) is 0 Å². The fourth-order valence-electron chi connectivity index (χ4n) is 2.76. The van der Waals surface area contributed by atoms with Crippen molar-refractivity contribution in [1.82, 2.24) is 15.2 Å². The van der Waals surface area contributed by atoms with Crippen molar-refractivity contribution in [2.24, 2.45) is 0 Å². The molecule has 1 aromatic heterocycles. The third-order valence-electron chi connectivity index (χ3n) is 4.30. The molecule has 1 aliphatic heterocycles. The zero-order valence-electron chi connectivity index (χ0n) is 14.5. The van der Waals surface area contributed by atoms with Crippen LogP contribution in [0.25, 0.3) is 0 Å². The van der Waals surface area contributed by atoms with Gasteiger partial charge in [-0.3, -0.25) is 0 Å². The first-order valence-corrected chi connectivity index (χ1v) is 9.83. The number of benzene rings is 1. The van der Waals surface area contributed by atoms with E-state index in [0.29, 0.717) is 18.2 Å². The SMILES string of the molecule is CN(C)c1ccc(Nc2nncc(N(C)C3CCS(=O)(=O)C3)n2)cc1. The van der Waals surface area contributed by atoms with Crippen LogP contribution in [0.15, 0.2) is 30.5 Å². The van der Waals surface area contributed by atoms with Crippen LogP contribution in [0.3, 0.4) is 0 Å². The maximum atomic E-state index is 11.7. The van der Waals surface area contributed by atoms with Gasteiger partial charge in [-0.2, -0.15) is 10.1 Å². The number of sulfone groups is 1. The fourth-order valence-corrected chi connectivity index (χ4v) is 4.53. The second kappa shape index (κ2) is 6.83. The average Bonchev–Trinajstić information content (AvgIpc) is 2.95. The molecule has 0 spiro atoms. The van der Waals surface area contributed by atoms with Gasteiger partial charge in [-0.25, -0.2) is 8.42 Å². The molecule has 0 amide bonds. The molecular weight excluding hydrogens is 340 g/mol. The lowest BCUT2D eigenvalue weighted by molar-refractivity contribution is 0.600. The van der Waals surface area contributed by atoms with Crippen LogP contribution in [-0.4, -0.2) is 62.3 Å². The Kier molecular flexibility index (Phi) is 4.76. The molecule has 9 heteroatoms. The van der Waals surface area contributed by atoms with E-state index < -0.39 is 9.84 Å². The van der Waals surface area contributed by atoms with Gasteiger partial charge in [0.2, 0.25) is 5.95 Å². The summed E-state index contributed by atoms with van der Waals surface area (Å²) in [6, 6.07) is 7.80. The molecule has 1 aliphatic rings. The number of anilines is 4. The summed E-state index contributed by atoms with van der Waals surface area (Å²) in [5, 5.41) is 11.1. The lowest BCUT2D eigenvalue weighted by Gasteiger charge is -2.24. The monoisotopic (exact) mass is 362 g/mol. The Bertz CT molecular complexity index is 838. The number of rotatable bonds is 5. The van der Waals surface area contributed by atoms with Gasteiger partial charge in [-0.1, -0.05) is 0 Å². The number of hydrogen-bond acceptors (Lipinski definition) is 8. The average molecular weight is 362 g/mol. The highest BCUT2D eigenvalue weighted by Gasteiger charge is 2.31. The van der Waals surface area contributed by atoms with Crippen LogP contribution in [0.1, 0.15) is 6.42 Å². The third kappa shape index (κ3) is 4.16. The van der Waals surface area contributed by atoms with Crippen molar-refractivity contribution in [3.05, 3.63) is 30.5 Å². The topological polar surface area (TPSA) is 91.3 Å². The number of aromatic nitrogens is 3. The van der Waals surface area contributed by atoms with Crippen molar-refractivity contribution in [3.63, 3.8) is 0 Å². The van der Waals surface area contributed by atoms with Crippen molar-refractivity contribution in [2.45, 2.75) is 12.5 Å². The summed E-state index contributed by atoms with van der Waals surface area (Å²) in [6.45, 7) is 0. The predicted molar refractivity (Wildman–Crippen MR) is 99.3 cm³/mol. The summed E-state index contributed by atoms with van der Waals surface area (Å²) in [7, 11) is 2.86. The highest BCUT2D eigenvalue weighted by Crippen LogP contribution is 2.22. The number of hydrogen-bond donors (Lipinski definition) is 1. The molecule has 2 heterocycles. The Morgan fingerprint density at radius 3 is 2.48 bits per heavy atom. The zero-order chi connectivity index (χ0) is 18.0. The highest BCUT2D eigenvalue weighted by molar-refractivity contribution is 7.91. The maximum absolute atomic E-state index is 11.7. The van der Waals surface area contributed by atoms with Gasteiger partial charge < -0.3 is 15.1 Å². The van der Waals surface area contributed by atoms with Gasteiger partial charge in [0.15, 0.2) is 15.7 Å². The Balaban J connectivity index is 1.73. The Morgan fingerprint density at radius 2 is 1.88 bits per heavy atom. The van der Waals surface area contributed by atoms with Crippen LogP contribution >= 0.6 is 0 Å². The van der Waals surface area contributed by atoms with Crippen LogP contribution in [0, 0.1) is 0 Å². The van der Waals surface area contributed by atoms with Crippen molar-refractivity contribution in [3.8, 4) is 0 Å². The lowest BCUT2D eigenvalue weighted by Crippen LogP contribution is -2.33. The summed E-state index contributed by atoms with van der Waals surface area (Å²) in [4.78, 5) is 8.34. The molecule has 1 atom stereocenters. The van der Waals surface area contributed by atoms with Gasteiger partial charge in [0.05, 0.1) is 17.7 Å². The molecule has 1 fully saturated rings. The van der Waals surface area contributed by atoms with E-state index in [9.17, 15) is 8.42 Å². The van der Waals surface area contributed by atoms with Crippen molar-refractivity contribution in [2.75, 3.05) is 47.8 Å². The normalized spacial score (nSPS) is 18.8. The summed E-state index contributed by atoms with van der Waals surface area (Å²) in [5.74, 6) is 1.36. The molecule has 0 aliphatic carbocycles. The van der Waals surface area contributed by atoms with Crippen LogP contribution in [0.2, 0.25) is 0 Å². The second-order valence-electron chi connectivity index (χ2n) is 6.37. The van der Waals surface area contributed by atoms with Crippen LogP contribution in [0.4, 0.5) is 23.1 Å². The Hall–Kier alpha value is -2.42. The first kappa shape index (κ1) is 17.4. The van der Waals surface area contributed by atoms with Gasteiger partial charge in [0.1, 0.15) is 0 Å². The molecule has 0 radical (unpaired) electrons. The first-order valence-electron chi connectivity index (χ1n) is 8.01. The van der Waals surface area contributed by atoms with Crippen molar-refractivity contribution >= 4 is 33.0 Å². The Morgan fingerprint density at radius 1 is 1.16 bits per heavy atom.